The molecule has 6 heteroatoms. The standard InChI is InChI=1S/C21H25N3O3/c1-3-18-15-23(21(26)17-9-11-22-19(13-17)27-2)12-10-20(25)24(18)14-16-7-5-4-6-8-16/h4-9,11,13,18H,3,10,12,14-15H2,1-2H3/t18-/m0/s1. The molecule has 3 rings (SSSR count). The molecule has 1 aliphatic heterocycles. The van der Waals surface area contributed by atoms with E-state index in [1.165, 1.54) is 7.11 Å². The predicted octanol–water partition coefficient (Wildman–Crippen LogP) is 2.74. The highest BCUT2D eigenvalue weighted by Crippen LogP contribution is 2.20. The van der Waals surface area contributed by atoms with Crippen molar-refractivity contribution < 1.29 is 14.3 Å². The second-order valence-electron chi connectivity index (χ2n) is 6.66. The lowest BCUT2D eigenvalue weighted by molar-refractivity contribution is -0.133. The molecule has 1 saturated heterocycles. The zero-order valence-corrected chi connectivity index (χ0v) is 15.8. The molecule has 27 heavy (non-hydrogen) atoms. The largest absolute Gasteiger partial charge is 0.481 e. The Labute approximate surface area is 159 Å². The van der Waals surface area contributed by atoms with Gasteiger partial charge in [0.2, 0.25) is 11.8 Å². The molecule has 1 aromatic carbocycles. The molecule has 0 unspecified atom stereocenters. The Morgan fingerprint density at radius 2 is 2.04 bits per heavy atom. The summed E-state index contributed by atoms with van der Waals surface area (Å²) >= 11 is 0. The fourth-order valence-electron chi connectivity index (χ4n) is 3.39. The molecule has 0 saturated carbocycles. The Hall–Kier alpha value is -2.89. The zero-order valence-electron chi connectivity index (χ0n) is 15.8. The molecular weight excluding hydrogens is 342 g/mol. The SMILES string of the molecule is CC[C@H]1CN(C(=O)c2ccnc(OC)c2)CCC(=O)N1Cc1ccccc1. The van der Waals surface area contributed by atoms with Crippen LogP contribution in [0.4, 0.5) is 0 Å². The topological polar surface area (TPSA) is 62.7 Å². The number of benzene rings is 1. The van der Waals surface area contributed by atoms with Crippen LogP contribution in [0.1, 0.15) is 35.7 Å². The number of hydrogen-bond donors (Lipinski definition) is 0. The van der Waals surface area contributed by atoms with Crippen LogP contribution in [-0.4, -0.2) is 52.8 Å². The number of methoxy groups -OCH3 is 1. The van der Waals surface area contributed by atoms with Crippen LogP contribution in [-0.2, 0) is 11.3 Å². The van der Waals surface area contributed by atoms with E-state index in [9.17, 15) is 9.59 Å². The molecule has 0 aliphatic carbocycles. The molecule has 1 aliphatic rings. The number of carbonyl (C=O) groups excluding carboxylic acids is 2. The van der Waals surface area contributed by atoms with Gasteiger partial charge < -0.3 is 14.5 Å². The highest BCUT2D eigenvalue weighted by Gasteiger charge is 2.31. The predicted molar refractivity (Wildman–Crippen MR) is 102 cm³/mol. The van der Waals surface area contributed by atoms with Crippen LogP contribution in [0.15, 0.2) is 48.7 Å². The van der Waals surface area contributed by atoms with Crippen molar-refractivity contribution >= 4 is 11.8 Å². The number of nitrogens with zero attached hydrogens (tertiary/aromatic N) is 3. The maximum atomic E-state index is 13.0. The lowest BCUT2D eigenvalue weighted by Crippen LogP contribution is -2.43. The fourth-order valence-corrected chi connectivity index (χ4v) is 3.39. The summed E-state index contributed by atoms with van der Waals surface area (Å²) < 4.78 is 5.12. The summed E-state index contributed by atoms with van der Waals surface area (Å²) in [6, 6.07) is 13.3. The summed E-state index contributed by atoms with van der Waals surface area (Å²) in [5.74, 6) is 0.404. The molecule has 1 atom stereocenters. The van der Waals surface area contributed by atoms with Crippen molar-refractivity contribution in [1.29, 1.82) is 0 Å². The summed E-state index contributed by atoms with van der Waals surface area (Å²) in [6.07, 6.45) is 2.69. The lowest BCUT2D eigenvalue weighted by Gasteiger charge is -2.31. The number of ether oxygens (including phenoxy) is 1. The van der Waals surface area contributed by atoms with Crippen LogP contribution in [0.5, 0.6) is 5.88 Å². The Balaban J connectivity index is 1.78. The van der Waals surface area contributed by atoms with Gasteiger partial charge in [0.25, 0.3) is 5.91 Å². The van der Waals surface area contributed by atoms with Crippen molar-refractivity contribution in [2.75, 3.05) is 20.2 Å². The first-order valence-electron chi connectivity index (χ1n) is 9.25. The minimum Gasteiger partial charge on any atom is -0.481 e. The van der Waals surface area contributed by atoms with Crippen molar-refractivity contribution in [3.05, 3.63) is 59.8 Å². The first-order chi connectivity index (χ1) is 13.1. The molecule has 0 bridgehead atoms. The van der Waals surface area contributed by atoms with E-state index in [4.69, 9.17) is 4.74 Å². The van der Waals surface area contributed by atoms with Crippen LogP contribution in [0.3, 0.4) is 0 Å². The zero-order chi connectivity index (χ0) is 19.2. The number of aromatic nitrogens is 1. The van der Waals surface area contributed by atoms with Crippen LogP contribution in [0.2, 0.25) is 0 Å². The molecule has 2 aromatic rings. The van der Waals surface area contributed by atoms with E-state index in [1.54, 1.807) is 23.2 Å². The van der Waals surface area contributed by atoms with E-state index in [2.05, 4.69) is 11.9 Å². The monoisotopic (exact) mass is 367 g/mol. The molecule has 0 radical (unpaired) electrons. The van der Waals surface area contributed by atoms with Crippen molar-refractivity contribution in [2.24, 2.45) is 0 Å². The molecule has 1 aromatic heterocycles. The smallest absolute Gasteiger partial charge is 0.254 e. The fraction of sp³-hybridized carbons (Fsp3) is 0.381. The third kappa shape index (κ3) is 4.45. The summed E-state index contributed by atoms with van der Waals surface area (Å²) in [6.45, 7) is 3.57. The van der Waals surface area contributed by atoms with Gasteiger partial charge in [-0.3, -0.25) is 9.59 Å². The Bertz CT molecular complexity index is 794. The number of rotatable bonds is 5. The van der Waals surface area contributed by atoms with E-state index in [0.717, 1.165) is 12.0 Å². The second kappa shape index (κ2) is 8.66. The molecule has 0 spiro atoms. The van der Waals surface area contributed by atoms with Gasteiger partial charge in [0.15, 0.2) is 0 Å². The molecule has 2 amide bonds. The summed E-state index contributed by atoms with van der Waals surface area (Å²) in [4.78, 5) is 33.5. The van der Waals surface area contributed by atoms with Crippen LogP contribution < -0.4 is 4.74 Å². The summed E-state index contributed by atoms with van der Waals surface area (Å²) in [5.41, 5.74) is 1.63. The third-order valence-corrected chi connectivity index (χ3v) is 4.93. The Morgan fingerprint density at radius 3 is 2.74 bits per heavy atom. The Kier molecular flexibility index (Phi) is 6.06. The number of pyridine rings is 1. The summed E-state index contributed by atoms with van der Waals surface area (Å²) in [5, 5.41) is 0. The van der Waals surface area contributed by atoms with Crippen LogP contribution >= 0.6 is 0 Å². The summed E-state index contributed by atoms with van der Waals surface area (Å²) in [7, 11) is 1.52. The first kappa shape index (κ1) is 18.9. The van der Waals surface area contributed by atoms with Gasteiger partial charge in [0.05, 0.1) is 7.11 Å². The molecule has 6 nitrogen and oxygen atoms in total. The highest BCUT2D eigenvalue weighted by atomic mass is 16.5. The van der Waals surface area contributed by atoms with E-state index in [0.29, 0.717) is 37.5 Å². The Morgan fingerprint density at radius 1 is 1.26 bits per heavy atom. The minimum absolute atomic E-state index is 0.00658. The van der Waals surface area contributed by atoms with Gasteiger partial charge in [-0.2, -0.15) is 0 Å². The minimum atomic E-state index is -0.0940. The van der Waals surface area contributed by atoms with E-state index in [1.807, 2.05) is 35.2 Å². The molecular formula is C21H25N3O3. The quantitative estimate of drug-likeness (QED) is 0.815. The van der Waals surface area contributed by atoms with Gasteiger partial charge in [-0.15, -0.1) is 0 Å². The average molecular weight is 367 g/mol. The van der Waals surface area contributed by atoms with Crippen molar-refractivity contribution in [3.63, 3.8) is 0 Å². The molecule has 142 valence electrons. The molecule has 2 heterocycles. The number of amides is 2. The van der Waals surface area contributed by atoms with E-state index < -0.39 is 0 Å². The normalized spacial score (nSPS) is 17.6. The van der Waals surface area contributed by atoms with Crippen LogP contribution in [0.25, 0.3) is 0 Å². The average Bonchev–Trinajstić information content (AvgIpc) is 2.87. The second-order valence-corrected chi connectivity index (χ2v) is 6.66. The van der Waals surface area contributed by atoms with Gasteiger partial charge in [-0.25, -0.2) is 4.98 Å². The first-order valence-corrected chi connectivity index (χ1v) is 9.25. The van der Waals surface area contributed by atoms with Gasteiger partial charge in [-0.05, 0) is 18.1 Å². The van der Waals surface area contributed by atoms with E-state index >= 15 is 0 Å². The van der Waals surface area contributed by atoms with Crippen molar-refractivity contribution in [3.8, 4) is 5.88 Å². The number of carbonyl (C=O) groups is 2. The third-order valence-electron chi connectivity index (χ3n) is 4.93. The van der Waals surface area contributed by atoms with E-state index in [-0.39, 0.29) is 17.9 Å². The number of hydrogen-bond acceptors (Lipinski definition) is 4. The molecule has 1 fully saturated rings. The lowest BCUT2D eigenvalue weighted by atomic mass is 10.1. The molecule has 0 N–H and O–H groups in total. The van der Waals surface area contributed by atoms with Gasteiger partial charge in [0.1, 0.15) is 0 Å². The van der Waals surface area contributed by atoms with Crippen LogP contribution in [0, 0.1) is 0 Å². The highest BCUT2D eigenvalue weighted by molar-refractivity contribution is 5.95. The van der Waals surface area contributed by atoms with Gasteiger partial charge >= 0.3 is 0 Å². The maximum absolute atomic E-state index is 13.0. The van der Waals surface area contributed by atoms with Gasteiger partial charge in [-0.1, -0.05) is 37.3 Å². The van der Waals surface area contributed by atoms with Crippen molar-refractivity contribution in [2.45, 2.75) is 32.4 Å². The maximum Gasteiger partial charge on any atom is 0.254 e. The van der Waals surface area contributed by atoms with Gasteiger partial charge in [0, 0.05) is 49.9 Å². The van der Waals surface area contributed by atoms with Crippen molar-refractivity contribution in [1.82, 2.24) is 14.8 Å².